The normalized spacial score (nSPS) is 38.8. The van der Waals surface area contributed by atoms with E-state index >= 15 is 0 Å². The molecule has 0 amide bonds. The molecule has 0 bridgehead atoms. The van der Waals surface area contributed by atoms with Crippen molar-refractivity contribution < 1.29 is 32.5 Å². The van der Waals surface area contributed by atoms with Crippen LogP contribution in [-0.4, -0.2) is 58.5 Å². The molecule has 1 heterocycles. The average molecular weight is 578 g/mol. The van der Waals surface area contributed by atoms with Gasteiger partial charge >= 0.3 is 6.18 Å². The van der Waals surface area contributed by atoms with Crippen LogP contribution in [0, 0.1) is 40.4 Å². The second kappa shape index (κ2) is 10.2. The molecule has 7 nitrogen and oxygen atoms in total. The maximum atomic E-state index is 13.9. The molecule has 10 heteroatoms. The van der Waals surface area contributed by atoms with Crippen LogP contribution >= 0.6 is 0 Å². The molecule has 41 heavy (non-hydrogen) atoms. The van der Waals surface area contributed by atoms with Crippen LogP contribution in [0.5, 0.6) is 5.75 Å². The van der Waals surface area contributed by atoms with Gasteiger partial charge < -0.3 is 14.6 Å². The van der Waals surface area contributed by atoms with Crippen LogP contribution in [-0.2, 0) is 16.1 Å². The van der Waals surface area contributed by atoms with E-state index in [2.05, 4.69) is 17.2 Å². The number of rotatable bonds is 7. The van der Waals surface area contributed by atoms with Gasteiger partial charge in [0.15, 0.2) is 11.4 Å². The van der Waals surface area contributed by atoms with Crippen molar-refractivity contribution in [2.24, 2.45) is 40.4 Å². The molecule has 0 unspecified atom stereocenters. The summed E-state index contributed by atoms with van der Waals surface area (Å²) in [6, 6.07) is 5.54. The molecule has 2 aromatic rings. The summed E-state index contributed by atoms with van der Waals surface area (Å²) in [6.45, 7) is 2.98. The molecule has 1 aromatic heterocycles. The number of alkyl halides is 3. The molecule has 4 fully saturated rings. The Morgan fingerprint density at radius 3 is 2.63 bits per heavy atom. The number of ketones is 1. The van der Waals surface area contributed by atoms with Gasteiger partial charge in [0.1, 0.15) is 17.8 Å². The van der Waals surface area contributed by atoms with E-state index in [-0.39, 0.29) is 47.8 Å². The van der Waals surface area contributed by atoms with Crippen molar-refractivity contribution in [2.45, 2.75) is 89.5 Å². The summed E-state index contributed by atoms with van der Waals surface area (Å²) in [5, 5.41) is 19.2. The zero-order valence-electron chi connectivity index (χ0n) is 24.3. The van der Waals surface area contributed by atoms with E-state index in [4.69, 9.17) is 9.47 Å². The summed E-state index contributed by atoms with van der Waals surface area (Å²) in [6.07, 6.45) is 1.26. The second-order valence-corrected chi connectivity index (χ2v) is 13.6. The first kappa shape index (κ1) is 28.9. The fraction of sp³-hybridized carbons (Fsp3) is 0.774. The number of carbonyl (C=O) groups is 1. The summed E-state index contributed by atoms with van der Waals surface area (Å²) in [5.74, 6) is 1.70. The molecule has 226 valence electrons. The minimum Gasteiger partial charge on any atom is -0.497 e. The Balaban J connectivity index is 1.22. The van der Waals surface area contributed by atoms with E-state index in [1.54, 1.807) is 18.9 Å². The Bertz CT molecular complexity index is 1300. The molecule has 6 rings (SSSR count). The molecule has 4 aliphatic carbocycles. The van der Waals surface area contributed by atoms with Gasteiger partial charge in [0.2, 0.25) is 0 Å². The Hall–Kier alpha value is -2.20. The van der Waals surface area contributed by atoms with Gasteiger partial charge in [0, 0.05) is 25.7 Å². The first-order valence-corrected chi connectivity index (χ1v) is 15.1. The standard InChI is InChI=1S/C31H42F3N3O4/c1-28-11-10-23-21(6-4-19-17-30(39,31(32,33)34)13-12-29(19,23)14-15-40-2)22(28)7-8-24(28)27(38)18-37-26-9-5-20(41-3)16-25(26)35-36-37/h5,9,16,19,21-24,39H,4,6-8,10-15,17-18H2,1-3H3/t19-,21+,22+,23+,24-,28+,29-,30-/m1/s1. The largest absolute Gasteiger partial charge is 0.497 e. The van der Waals surface area contributed by atoms with Gasteiger partial charge in [-0.3, -0.25) is 4.79 Å². The highest BCUT2D eigenvalue weighted by Gasteiger charge is 2.66. The average Bonchev–Trinajstić information content (AvgIpc) is 3.51. The first-order chi connectivity index (χ1) is 19.5. The molecule has 0 radical (unpaired) electrons. The third kappa shape index (κ3) is 4.50. The summed E-state index contributed by atoms with van der Waals surface area (Å²) >= 11 is 0. The lowest BCUT2D eigenvalue weighted by atomic mass is 9.42. The third-order valence-electron chi connectivity index (χ3n) is 12.1. The number of hydrogen-bond donors (Lipinski definition) is 1. The fourth-order valence-corrected chi connectivity index (χ4v) is 10.1. The summed E-state index contributed by atoms with van der Waals surface area (Å²) in [5.41, 5.74) is -1.48. The second-order valence-electron chi connectivity index (χ2n) is 13.6. The molecule has 1 aromatic carbocycles. The highest BCUT2D eigenvalue weighted by Crippen LogP contribution is 2.69. The van der Waals surface area contributed by atoms with Crippen molar-refractivity contribution in [3.05, 3.63) is 18.2 Å². The van der Waals surface area contributed by atoms with Crippen molar-refractivity contribution in [3.8, 4) is 5.75 Å². The van der Waals surface area contributed by atoms with E-state index in [1.807, 2.05) is 18.2 Å². The Morgan fingerprint density at radius 1 is 1.10 bits per heavy atom. The van der Waals surface area contributed by atoms with E-state index in [0.29, 0.717) is 48.5 Å². The van der Waals surface area contributed by atoms with Crippen LogP contribution in [0.1, 0.15) is 71.1 Å². The van der Waals surface area contributed by atoms with E-state index in [1.165, 1.54) is 0 Å². The molecule has 4 aliphatic rings. The lowest BCUT2D eigenvalue weighted by Gasteiger charge is -2.63. The lowest BCUT2D eigenvalue weighted by molar-refractivity contribution is -0.292. The van der Waals surface area contributed by atoms with Crippen LogP contribution in [0.25, 0.3) is 11.0 Å². The first-order valence-electron chi connectivity index (χ1n) is 15.1. The number of halogens is 3. The molecular weight excluding hydrogens is 535 g/mol. The van der Waals surface area contributed by atoms with E-state index in [9.17, 15) is 23.1 Å². The smallest absolute Gasteiger partial charge is 0.417 e. The highest BCUT2D eigenvalue weighted by molar-refractivity contribution is 5.84. The summed E-state index contributed by atoms with van der Waals surface area (Å²) in [4.78, 5) is 13.8. The van der Waals surface area contributed by atoms with Crippen LogP contribution in [0.4, 0.5) is 13.2 Å². The van der Waals surface area contributed by atoms with Gasteiger partial charge in [-0.2, -0.15) is 13.2 Å². The van der Waals surface area contributed by atoms with E-state index < -0.39 is 11.8 Å². The monoisotopic (exact) mass is 577 g/mol. The van der Waals surface area contributed by atoms with Gasteiger partial charge in [0.25, 0.3) is 0 Å². The molecule has 4 saturated carbocycles. The van der Waals surface area contributed by atoms with Crippen molar-refractivity contribution in [3.63, 3.8) is 0 Å². The molecule has 0 saturated heterocycles. The number of nitrogens with zero attached hydrogens (tertiary/aromatic N) is 3. The number of aromatic nitrogens is 3. The van der Waals surface area contributed by atoms with Crippen LogP contribution < -0.4 is 4.74 Å². The van der Waals surface area contributed by atoms with E-state index in [0.717, 1.165) is 44.0 Å². The predicted molar refractivity (Wildman–Crippen MR) is 146 cm³/mol. The number of Topliss-reactive ketones (excluding diaryl/α,β-unsaturated/α-hetero) is 1. The Kier molecular flexibility index (Phi) is 7.20. The van der Waals surface area contributed by atoms with Gasteiger partial charge in [-0.1, -0.05) is 12.1 Å². The van der Waals surface area contributed by atoms with Crippen molar-refractivity contribution in [1.82, 2.24) is 15.0 Å². The SMILES string of the molecule is COCC[C@]12CC[C@](O)(C(F)(F)F)C[C@H]1CC[C@H]1[C@@H]3CC[C@H](C(=O)Cn4nnc5cc(OC)ccc54)[C@@]3(C)CC[C@@H]12. The quantitative estimate of drug-likeness (QED) is 0.436. The minimum atomic E-state index is -4.61. The van der Waals surface area contributed by atoms with Crippen LogP contribution in [0.2, 0.25) is 0 Å². The fourth-order valence-electron chi connectivity index (χ4n) is 10.1. The van der Waals surface area contributed by atoms with Gasteiger partial charge in [-0.15, -0.1) is 5.10 Å². The lowest BCUT2D eigenvalue weighted by Crippen LogP contribution is -2.60. The van der Waals surface area contributed by atoms with Gasteiger partial charge in [-0.25, -0.2) is 4.68 Å². The minimum absolute atomic E-state index is 0.0692. The number of hydrogen-bond acceptors (Lipinski definition) is 6. The van der Waals surface area contributed by atoms with Crippen LogP contribution in [0.3, 0.4) is 0 Å². The predicted octanol–water partition coefficient (Wildman–Crippen LogP) is 5.98. The van der Waals surface area contributed by atoms with Gasteiger partial charge in [0.05, 0.1) is 12.6 Å². The summed E-state index contributed by atoms with van der Waals surface area (Å²) in [7, 11) is 3.25. The maximum Gasteiger partial charge on any atom is 0.417 e. The highest BCUT2D eigenvalue weighted by atomic mass is 19.4. The maximum absolute atomic E-state index is 13.9. The van der Waals surface area contributed by atoms with Crippen molar-refractivity contribution in [2.75, 3.05) is 20.8 Å². The zero-order chi connectivity index (χ0) is 29.2. The number of methoxy groups -OCH3 is 2. The number of benzene rings is 1. The third-order valence-corrected chi connectivity index (χ3v) is 12.1. The number of carbonyl (C=O) groups excluding carboxylic acids is 1. The number of ether oxygens (including phenoxy) is 2. The summed E-state index contributed by atoms with van der Waals surface area (Å²) < 4.78 is 54.1. The molecule has 0 aliphatic heterocycles. The number of aliphatic hydroxyl groups is 1. The molecule has 8 atom stereocenters. The topological polar surface area (TPSA) is 86.5 Å². The molecule has 1 N–H and O–H groups in total. The molecular formula is C31H42F3N3O4. The number of fused-ring (bicyclic) bond motifs is 6. The Morgan fingerprint density at radius 2 is 1.90 bits per heavy atom. The molecule has 0 spiro atoms. The van der Waals surface area contributed by atoms with Crippen molar-refractivity contribution >= 4 is 16.8 Å². The van der Waals surface area contributed by atoms with Crippen molar-refractivity contribution in [1.29, 1.82) is 0 Å². The Labute approximate surface area is 239 Å². The van der Waals surface area contributed by atoms with Crippen LogP contribution in [0.15, 0.2) is 18.2 Å². The zero-order valence-corrected chi connectivity index (χ0v) is 24.3. The van der Waals surface area contributed by atoms with Gasteiger partial charge in [-0.05, 0) is 111 Å².